The minimum absolute atomic E-state index is 0.00883. The molecule has 4 rings (SSSR count). The number of hydrogen-bond donors (Lipinski definition) is 2. The minimum atomic E-state index is -1.32. The molecule has 0 unspecified atom stereocenters. The quantitative estimate of drug-likeness (QED) is 0.801. The van der Waals surface area contributed by atoms with Gasteiger partial charge in [0.05, 0.1) is 25.7 Å². The molecule has 0 amide bonds. The van der Waals surface area contributed by atoms with Crippen LogP contribution < -0.4 is 4.74 Å². The third-order valence-electron chi connectivity index (χ3n) is 8.09. The fourth-order valence-electron chi connectivity index (χ4n) is 6.59. The molecule has 2 N–H and O–H groups in total. The third-order valence-corrected chi connectivity index (χ3v) is 8.09. The molecule has 27 heavy (non-hydrogen) atoms. The second-order valence-corrected chi connectivity index (χ2v) is 8.93. The largest absolute Gasteiger partial charge is 0.497 e. The van der Waals surface area contributed by atoms with E-state index in [2.05, 4.69) is 37.8 Å². The highest BCUT2D eigenvalue weighted by Crippen LogP contribution is 2.66. The molecule has 2 fully saturated rings. The molecule has 1 aromatic rings. The second kappa shape index (κ2) is 6.36. The van der Waals surface area contributed by atoms with Crippen LogP contribution in [-0.4, -0.2) is 29.0 Å². The summed E-state index contributed by atoms with van der Waals surface area (Å²) in [6.07, 6.45) is 4.46. The fraction of sp³-hybridized carbons (Fsp3) is 0.609. The Bertz CT molecular complexity index is 799. The maximum absolute atomic E-state index is 11.3. The lowest BCUT2D eigenvalue weighted by atomic mass is 9.50. The highest BCUT2D eigenvalue weighted by Gasteiger charge is 2.66. The second-order valence-electron chi connectivity index (χ2n) is 8.93. The normalized spacial score (nSPS) is 42.4. The van der Waals surface area contributed by atoms with Gasteiger partial charge in [0.25, 0.3) is 0 Å². The summed E-state index contributed by atoms with van der Waals surface area (Å²) in [5, 5.41) is 31.3. The molecule has 0 aromatic heterocycles. The summed E-state index contributed by atoms with van der Waals surface area (Å²) >= 11 is 0. The van der Waals surface area contributed by atoms with E-state index in [4.69, 9.17) is 4.74 Å². The zero-order valence-corrected chi connectivity index (χ0v) is 16.2. The van der Waals surface area contributed by atoms with Gasteiger partial charge < -0.3 is 14.9 Å². The molecule has 2 saturated carbocycles. The number of allylic oxidation sites excluding steroid dienone is 1. The molecule has 0 spiro atoms. The number of fused-ring (bicyclic) bond motifs is 5. The van der Waals surface area contributed by atoms with E-state index in [1.165, 1.54) is 11.1 Å². The molecule has 0 aliphatic heterocycles. The summed E-state index contributed by atoms with van der Waals surface area (Å²) in [6, 6.07) is 8.49. The number of hydrogen-bond acceptors (Lipinski definition) is 4. The highest BCUT2D eigenvalue weighted by atomic mass is 16.5. The number of ether oxygens (including phenoxy) is 1. The smallest absolute Gasteiger partial charge is 0.119 e. The number of aliphatic hydroxyl groups is 2. The average molecular weight is 367 g/mol. The van der Waals surface area contributed by atoms with Crippen LogP contribution in [-0.2, 0) is 6.42 Å². The van der Waals surface area contributed by atoms with Gasteiger partial charge in [0.15, 0.2) is 0 Å². The van der Waals surface area contributed by atoms with Crippen LogP contribution in [0.1, 0.15) is 49.7 Å². The van der Waals surface area contributed by atoms with Gasteiger partial charge >= 0.3 is 0 Å². The summed E-state index contributed by atoms with van der Waals surface area (Å²) in [5.74, 6) is 2.11. The van der Waals surface area contributed by atoms with Gasteiger partial charge in [-0.25, -0.2) is 0 Å². The van der Waals surface area contributed by atoms with Gasteiger partial charge in [-0.05, 0) is 72.6 Å². The summed E-state index contributed by atoms with van der Waals surface area (Å²) in [7, 11) is 1.69. The van der Waals surface area contributed by atoms with E-state index in [0.717, 1.165) is 25.0 Å². The Morgan fingerprint density at radius 2 is 2.22 bits per heavy atom. The van der Waals surface area contributed by atoms with Gasteiger partial charge in [-0.1, -0.05) is 19.1 Å². The number of nitrogens with zero attached hydrogens (tertiary/aromatic N) is 1. The van der Waals surface area contributed by atoms with E-state index < -0.39 is 17.1 Å². The standard InChI is InChI=1S/C23H29NO3/c1-4-14-11-15-12-16(27-3)5-6-17(15)18-7-8-22(2)19(21(14)18)13-20(25)23(22,26)9-10-24/h4-6,12,14,18-21,25-26H,1,7-9,11,13H2,2-3H3/t14-,18-,19+,20-,21-,22+,23+/m1/s1. The number of benzene rings is 1. The first-order valence-electron chi connectivity index (χ1n) is 9.96. The van der Waals surface area contributed by atoms with E-state index in [1.54, 1.807) is 7.11 Å². The van der Waals surface area contributed by atoms with Crippen LogP contribution in [0.25, 0.3) is 0 Å². The number of rotatable bonds is 3. The summed E-state index contributed by atoms with van der Waals surface area (Å²) < 4.78 is 5.42. The van der Waals surface area contributed by atoms with Gasteiger partial charge in [0, 0.05) is 5.41 Å². The van der Waals surface area contributed by atoms with Crippen LogP contribution in [0.4, 0.5) is 0 Å². The van der Waals surface area contributed by atoms with E-state index in [1.807, 2.05) is 6.07 Å². The van der Waals surface area contributed by atoms with Crippen LogP contribution in [0.3, 0.4) is 0 Å². The Labute approximate surface area is 161 Å². The van der Waals surface area contributed by atoms with Gasteiger partial charge in [-0.15, -0.1) is 6.58 Å². The lowest BCUT2D eigenvalue weighted by molar-refractivity contribution is -0.140. The third kappa shape index (κ3) is 2.41. The van der Waals surface area contributed by atoms with Gasteiger partial charge in [0.1, 0.15) is 11.4 Å². The number of aliphatic hydroxyl groups excluding tert-OH is 1. The van der Waals surface area contributed by atoms with Crippen LogP contribution in [0, 0.1) is 34.5 Å². The van der Waals surface area contributed by atoms with E-state index in [-0.39, 0.29) is 12.3 Å². The first-order chi connectivity index (χ1) is 12.9. The summed E-state index contributed by atoms with van der Waals surface area (Å²) in [6.45, 7) is 6.20. The van der Waals surface area contributed by atoms with Crippen molar-refractivity contribution >= 4 is 0 Å². The fourth-order valence-corrected chi connectivity index (χ4v) is 6.59. The van der Waals surface area contributed by atoms with E-state index in [9.17, 15) is 15.5 Å². The van der Waals surface area contributed by atoms with Crippen molar-refractivity contribution in [2.75, 3.05) is 7.11 Å². The molecule has 0 saturated heterocycles. The molecule has 4 nitrogen and oxygen atoms in total. The molecule has 144 valence electrons. The first kappa shape index (κ1) is 18.5. The van der Waals surface area contributed by atoms with Crippen molar-refractivity contribution in [2.24, 2.45) is 23.2 Å². The first-order valence-corrected chi connectivity index (χ1v) is 9.96. The zero-order valence-electron chi connectivity index (χ0n) is 16.2. The highest BCUT2D eigenvalue weighted by molar-refractivity contribution is 5.42. The lowest BCUT2D eigenvalue weighted by Gasteiger charge is -2.54. The maximum atomic E-state index is 11.3. The molecule has 0 heterocycles. The molecule has 3 aliphatic carbocycles. The Morgan fingerprint density at radius 1 is 1.44 bits per heavy atom. The van der Waals surface area contributed by atoms with Crippen LogP contribution in [0.15, 0.2) is 30.9 Å². The Kier molecular flexibility index (Phi) is 4.36. The lowest BCUT2D eigenvalue weighted by Crippen LogP contribution is -2.54. The predicted octanol–water partition coefficient (Wildman–Crippen LogP) is 3.58. The van der Waals surface area contributed by atoms with Crippen molar-refractivity contribution in [1.29, 1.82) is 5.26 Å². The molecule has 7 atom stereocenters. The molecular formula is C23H29NO3. The summed E-state index contributed by atoms with van der Waals surface area (Å²) in [5.41, 5.74) is 0.957. The van der Waals surface area contributed by atoms with Crippen molar-refractivity contribution in [2.45, 2.75) is 56.7 Å². The molecule has 3 aliphatic rings. The molecular weight excluding hydrogens is 338 g/mol. The van der Waals surface area contributed by atoms with Crippen molar-refractivity contribution in [3.63, 3.8) is 0 Å². The topological polar surface area (TPSA) is 73.5 Å². The van der Waals surface area contributed by atoms with Gasteiger partial charge in [-0.3, -0.25) is 0 Å². The van der Waals surface area contributed by atoms with Crippen LogP contribution in [0.5, 0.6) is 5.75 Å². The number of methoxy groups -OCH3 is 1. The zero-order chi connectivity index (χ0) is 19.4. The van der Waals surface area contributed by atoms with Crippen LogP contribution >= 0.6 is 0 Å². The van der Waals surface area contributed by atoms with Gasteiger partial charge in [0.2, 0.25) is 0 Å². The molecule has 0 bridgehead atoms. The maximum Gasteiger partial charge on any atom is 0.119 e. The van der Waals surface area contributed by atoms with E-state index >= 15 is 0 Å². The monoisotopic (exact) mass is 367 g/mol. The van der Waals surface area contributed by atoms with Crippen LogP contribution in [0.2, 0.25) is 0 Å². The average Bonchev–Trinajstić information content (AvgIpc) is 2.87. The Hall–Kier alpha value is -1.83. The van der Waals surface area contributed by atoms with Crippen molar-refractivity contribution in [3.05, 3.63) is 42.0 Å². The van der Waals surface area contributed by atoms with E-state index in [0.29, 0.717) is 24.2 Å². The molecule has 1 aromatic carbocycles. The van der Waals surface area contributed by atoms with Crippen molar-refractivity contribution in [1.82, 2.24) is 0 Å². The van der Waals surface area contributed by atoms with Crippen molar-refractivity contribution in [3.8, 4) is 11.8 Å². The van der Waals surface area contributed by atoms with Gasteiger partial charge in [-0.2, -0.15) is 5.26 Å². The summed E-state index contributed by atoms with van der Waals surface area (Å²) in [4.78, 5) is 0. The number of nitriles is 1. The predicted molar refractivity (Wildman–Crippen MR) is 103 cm³/mol. The van der Waals surface area contributed by atoms with Crippen molar-refractivity contribution < 1.29 is 14.9 Å². The molecule has 4 heteroatoms. The molecule has 0 radical (unpaired) electrons. The SMILES string of the molecule is C=C[C@@H]1Cc2cc(OC)ccc2[C@H]2CC[C@@]3(C)[C@@H](C[C@@H](O)[C@@]3(O)CC#N)[C@H]12. The minimum Gasteiger partial charge on any atom is -0.497 e. The Balaban J connectivity index is 1.77. The Morgan fingerprint density at radius 3 is 2.89 bits per heavy atom.